The molecule has 1 atom stereocenters. The number of rotatable bonds is 3. The zero-order chi connectivity index (χ0) is 19.0. The number of amidine groups is 1. The van der Waals surface area contributed by atoms with E-state index in [9.17, 15) is 4.39 Å². The Balaban J connectivity index is 1.68. The lowest BCUT2D eigenvalue weighted by Gasteiger charge is -2.24. The first kappa shape index (κ1) is 16.9. The molecule has 1 unspecified atom stereocenters. The summed E-state index contributed by atoms with van der Waals surface area (Å²) in [5.41, 5.74) is 8.42. The number of halogens is 1. The summed E-state index contributed by atoms with van der Waals surface area (Å²) in [6, 6.07) is 12.4. The van der Waals surface area contributed by atoms with E-state index in [0.29, 0.717) is 17.3 Å². The normalized spacial score (nSPS) is 16.5. The summed E-state index contributed by atoms with van der Waals surface area (Å²) >= 11 is 0. The number of hydrogen-bond acceptors (Lipinski definition) is 6. The van der Waals surface area contributed by atoms with Crippen molar-refractivity contribution in [3.63, 3.8) is 0 Å². The van der Waals surface area contributed by atoms with E-state index in [1.165, 1.54) is 13.2 Å². The highest BCUT2D eigenvalue weighted by Gasteiger charge is 2.20. The highest BCUT2D eigenvalue weighted by Crippen LogP contribution is 2.24. The van der Waals surface area contributed by atoms with E-state index >= 15 is 0 Å². The van der Waals surface area contributed by atoms with Crippen LogP contribution in [-0.4, -0.2) is 22.5 Å². The zero-order valence-corrected chi connectivity index (χ0v) is 14.9. The highest BCUT2D eigenvalue weighted by molar-refractivity contribution is 6.04. The molecule has 0 amide bonds. The first-order chi connectivity index (χ1) is 13.0. The van der Waals surface area contributed by atoms with Gasteiger partial charge in [-0.1, -0.05) is 12.1 Å². The molecule has 0 spiro atoms. The van der Waals surface area contributed by atoms with E-state index in [0.717, 1.165) is 16.9 Å². The number of nitrogens with zero attached hydrogens (tertiary/aromatic N) is 3. The molecule has 0 aliphatic carbocycles. The van der Waals surface area contributed by atoms with Crippen LogP contribution in [0.1, 0.15) is 12.1 Å². The number of imidazole rings is 1. The van der Waals surface area contributed by atoms with Gasteiger partial charge in [0.05, 0.1) is 18.1 Å². The zero-order valence-electron chi connectivity index (χ0n) is 14.9. The quantitative estimate of drug-likeness (QED) is 0.663. The summed E-state index contributed by atoms with van der Waals surface area (Å²) in [6.45, 7) is 1.91. The van der Waals surface area contributed by atoms with Crippen molar-refractivity contribution in [3.05, 3.63) is 66.0 Å². The number of anilines is 1. The third-order valence-electron chi connectivity index (χ3n) is 4.29. The fourth-order valence-corrected chi connectivity index (χ4v) is 3.10. The van der Waals surface area contributed by atoms with Crippen LogP contribution in [0.4, 0.5) is 10.1 Å². The van der Waals surface area contributed by atoms with Gasteiger partial charge in [0, 0.05) is 17.8 Å². The number of methoxy groups -OCH3 is 1. The number of benzene rings is 2. The number of aromatic nitrogens is 2. The first-order valence-corrected chi connectivity index (χ1v) is 8.41. The van der Waals surface area contributed by atoms with Crippen LogP contribution in [0.5, 0.6) is 5.75 Å². The van der Waals surface area contributed by atoms with Crippen molar-refractivity contribution in [2.24, 2.45) is 10.7 Å². The summed E-state index contributed by atoms with van der Waals surface area (Å²) < 4.78 is 20.8. The molecule has 4 N–H and O–H groups in total. The van der Waals surface area contributed by atoms with Crippen molar-refractivity contribution >= 4 is 22.6 Å². The number of fused-ring (bicyclic) bond motifs is 1. The Labute approximate surface area is 155 Å². The molecule has 0 saturated carbocycles. The van der Waals surface area contributed by atoms with E-state index in [2.05, 4.69) is 20.6 Å². The van der Waals surface area contributed by atoms with E-state index in [4.69, 9.17) is 10.5 Å². The fourth-order valence-electron chi connectivity index (χ4n) is 3.10. The lowest BCUT2D eigenvalue weighted by molar-refractivity contribution is 0.386. The number of para-hydroxylation sites is 2. The molecular weight excluding hydrogens is 347 g/mol. The maximum absolute atomic E-state index is 13.9. The average molecular weight is 366 g/mol. The maximum Gasteiger partial charge on any atom is 0.205 e. The SMILES string of the molecule is COc1ccc(NC2=NC(n3c(C)nc4ccccc43)NC(N)=C2)cc1F. The van der Waals surface area contributed by atoms with Crippen molar-refractivity contribution in [3.8, 4) is 5.75 Å². The molecule has 2 heterocycles. The molecule has 138 valence electrons. The Morgan fingerprint density at radius 2 is 2.07 bits per heavy atom. The van der Waals surface area contributed by atoms with Crippen LogP contribution in [-0.2, 0) is 0 Å². The van der Waals surface area contributed by atoms with E-state index in [1.54, 1.807) is 18.2 Å². The van der Waals surface area contributed by atoms with Gasteiger partial charge < -0.3 is 21.1 Å². The van der Waals surface area contributed by atoms with Gasteiger partial charge in [0.2, 0.25) is 6.29 Å². The predicted molar refractivity (Wildman–Crippen MR) is 103 cm³/mol. The number of aryl methyl sites for hydroxylation is 1. The highest BCUT2D eigenvalue weighted by atomic mass is 19.1. The van der Waals surface area contributed by atoms with Crippen molar-refractivity contribution in [1.82, 2.24) is 14.9 Å². The molecular formula is C19H19FN6O. The maximum atomic E-state index is 13.9. The number of nitrogens with two attached hydrogens (primary N) is 1. The topological polar surface area (TPSA) is 89.5 Å². The van der Waals surface area contributed by atoms with E-state index in [-0.39, 0.29) is 5.75 Å². The van der Waals surface area contributed by atoms with Crippen LogP contribution in [0, 0.1) is 12.7 Å². The molecule has 1 aromatic heterocycles. The molecule has 8 heteroatoms. The van der Waals surface area contributed by atoms with Crippen LogP contribution in [0.25, 0.3) is 11.0 Å². The lowest BCUT2D eigenvalue weighted by Crippen LogP contribution is -2.35. The third kappa shape index (κ3) is 3.17. The molecule has 3 aromatic rings. The number of nitrogens with one attached hydrogen (secondary N) is 2. The van der Waals surface area contributed by atoms with Gasteiger partial charge in [-0.15, -0.1) is 0 Å². The van der Waals surface area contributed by atoms with Crippen molar-refractivity contribution < 1.29 is 9.13 Å². The van der Waals surface area contributed by atoms with Gasteiger partial charge in [0.1, 0.15) is 17.5 Å². The third-order valence-corrected chi connectivity index (χ3v) is 4.29. The smallest absolute Gasteiger partial charge is 0.205 e. The molecule has 0 saturated heterocycles. The fraction of sp³-hybridized carbons (Fsp3) is 0.158. The molecule has 1 aliphatic heterocycles. The lowest BCUT2D eigenvalue weighted by atomic mass is 10.2. The second kappa shape index (κ2) is 6.64. The molecule has 4 rings (SSSR count). The predicted octanol–water partition coefficient (Wildman–Crippen LogP) is 2.86. The second-order valence-corrected chi connectivity index (χ2v) is 6.12. The van der Waals surface area contributed by atoms with Crippen LogP contribution < -0.4 is 21.1 Å². The van der Waals surface area contributed by atoms with Gasteiger partial charge in [-0.2, -0.15) is 0 Å². The summed E-state index contributed by atoms with van der Waals surface area (Å²) in [5, 5.41) is 6.22. The van der Waals surface area contributed by atoms with Gasteiger partial charge in [-0.05, 0) is 31.2 Å². The van der Waals surface area contributed by atoms with E-state index < -0.39 is 12.1 Å². The minimum Gasteiger partial charge on any atom is -0.494 e. The molecule has 0 radical (unpaired) electrons. The number of ether oxygens (including phenoxy) is 1. The molecule has 0 bridgehead atoms. The molecule has 2 aromatic carbocycles. The standard InChI is InChI=1S/C19H19FN6O/c1-11-22-14-5-3-4-6-15(14)26(11)19-24-17(21)10-18(25-19)23-12-7-8-16(27-2)13(20)9-12/h3-10,19,24H,21H2,1-2H3,(H,23,25). The van der Waals surface area contributed by atoms with Crippen LogP contribution in [0.2, 0.25) is 0 Å². The largest absolute Gasteiger partial charge is 0.494 e. The Hall–Kier alpha value is -3.55. The average Bonchev–Trinajstić information content (AvgIpc) is 2.97. The number of aliphatic imine (C=N–C) groups is 1. The molecule has 1 aliphatic rings. The summed E-state index contributed by atoms with van der Waals surface area (Å²) in [5.74, 6) is 1.49. The van der Waals surface area contributed by atoms with Gasteiger partial charge in [-0.25, -0.2) is 14.4 Å². The minimum absolute atomic E-state index is 0.182. The van der Waals surface area contributed by atoms with Crippen LogP contribution >= 0.6 is 0 Å². The van der Waals surface area contributed by atoms with Gasteiger partial charge >= 0.3 is 0 Å². The first-order valence-electron chi connectivity index (χ1n) is 8.41. The summed E-state index contributed by atoms with van der Waals surface area (Å²) in [6.07, 6.45) is 1.19. The Kier molecular flexibility index (Phi) is 4.15. The van der Waals surface area contributed by atoms with Gasteiger partial charge in [-0.3, -0.25) is 4.57 Å². The van der Waals surface area contributed by atoms with Crippen LogP contribution in [0.15, 0.2) is 59.4 Å². The minimum atomic E-state index is -0.465. The monoisotopic (exact) mass is 366 g/mol. The second-order valence-electron chi connectivity index (χ2n) is 6.12. The molecule has 27 heavy (non-hydrogen) atoms. The number of hydrogen-bond donors (Lipinski definition) is 3. The Morgan fingerprint density at radius 1 is 1.26 bits per heavy atom. The van der Waals surface area contributed by atoms with Gasteiger partial charge in [0.15, 0.2) is 11.6 Å². The Bertz CT molecular complexity index is 1070. The van der Waals surface area contributed by atoms with Crippen molar-refractivity contribution in [2.75, 3.05) is 12.4 Å². The van der Waals surface area contributed by atoms with E-state index in [1.807, 2.05) is 35.8 Å². The Morgan fingerprint density at radius 3 is 2.85 bits per heavy atom. The van der Waals surface area contributed by atoms with Gasteiger partial charge in [0.25, 0.3) is 0 Å². The molecule has 0 fully saturated rings. The summed E-state index contributed by atoms with van der Waals surface area (Å²) in [7, 11) is 1.42. The molecule has 7 nitrogen and oxygen atoms in total. The van der Waals surface area contributed by atoms with Crippen LogP contribution in [0.3, 0.4) is 0 Å². The van der Waals surface area contributed by atoms with Crippen molar-refractivity contribution in [2.45, 2.75) is 13.2 Å². The van der Waals surface area contributed by atoms with Crippen molar-refractivity contribution in [1.29, 1.82) is 0 Å². The summed E-state index contributed by atoms with van der Waals surface area (Å²) in [4.78, 5) is 9.22.